The van der Waals surface area contributed by atoms with E-state index in [1.54, 1.807) is 18.3 Å². The highest BCUT2D eigenvalue weighted by molar-refractivity contribution is 5.99. The van der Waals surface area contributed by atoms with Gasteiger partial charge in [0.1, 0.15) is 11.6 Å². The van der Waals surface area contributed by atoms with E-state index in [0.717, 1.165) is 61.5 Å². The highest BCUT2D eigenvalue weighted by Crippen LogP contribution is 2.45. The van der Waals surface area contributed by atoms with Crippen molar-refractivity contribution in [1.82, 2.24) is 9.97 Å². The zero-order chi connectivity index (χ0) is 20.6. The Morgan fingerprint density at radius 1 is 1.03 bits per heavy atom. The summed E-state index contributed by atoms with van der Waals surface area (Å²) in [6.45, 7) is 0.904. The summed E-state index contributed by atoms with van der Waals surface area (Å²) in [5, 5.41) is 2.96. The molecule has 1 saturated carbocycles. The largest absolute Gasteiger partial charge is 0.325 e. The quantitative estimate of drug-likeness (QED) is 0.684. The Morgan fingerprint density at radius 3 is 2.57 bits per heavy atom. The standard InChI is InChI=1S/C24H23FN4O/c25-17-7-9-18(10-8-17)27-23(30)24(13-4-14-24)21-12-11-20-19(28-21)5-3-16-29(20)22-6-1-2-15-26-22/h1-2,6-12,15H,3-5,13-14,16H2,(H,27,30). The molecule has 5 nitrogen and oxygen atoms in total. The van der Waals surface area contributed by atoms with E-state index < -0.39 is 5.41 Å². The van der Waals surface area contributed by atoms with Crippen molar-refractivity contribution in [2.75, 3.05) is 16.8 Å². The first-order valence-corrected chi connectivity index (χ1v) is 10.4. The molecule has 1 aliphatic carbocycles. The van der Waals surface area contributed by atoms with Gasteiger partial charge in [-0.2, -0.15) is 0 Å². The summed E-state index contributed by atoms with van der Waals surface area (Å²) in [5.74, 6) is 0.533. The minimum Gasteiger partial charge on any atom is -0.325 e. The molecular weight excluding hydrogens is 379 g/mol. The Balaban J connectivity index is 1.44. The van der Waals surface area contributed by atoms with Crippen LogP contribution in [0.2, 0.25) is 0 Å². The second kappa shape index (κ2) is 7.52. The van der Waals surface area contributed by atoms with E-state index in [4.69, 9.17) is 4.98 Å². The number of hydrogen-bond acceptors (Lipinski definition) is 4. The summed E-state index contributed by atoms with van der Waals surface area (Å²) < 4.78 is 13.2. The Morgan fingerprint density at radius 2 is 1.87 bits per heavy atom. The molecule has 30 heavy (non-hydrogen) atoms. The first-order chi connectivity index (χ1) is 14.7. The fourth-order valence-corrected chi connectivity index (χ4v) is 4.38. The van der Waals surface area contributed by atoms with Crippen LogP contribution in [0.5, 0.6) is 0 Å². The van der Waals surface area contributed by atoms with Crippen molar-refractivity contribution in [3.05, 3.63) is 78.0 Å². The summed E-state index contributed by atoms with van der Waals surface area (Å²) in [7, 11) is 0. The molecule has 0 spiro atoms. The van der Waals surface area contributed by atoms with E-state index in [1.165, 1.54) is 12.1 Å². The Labute approximate surface area is 175 Å². The molecule has 3 heterocycles. The number of nitrogens with zero attached hydrogens (tertiary/aromatic N) is 3. The van der Waals surface area contributed by atoms with Gasteiger partial charge in [-0.25, -0.2) is 9.37 Å². The maximum absolute atomic E-state index is 13.2. The number of fused-ring (bicyclic) bond motifs is 1. The fraction of sp³-hybridized carbons (Fsp3) is 0.292. The first kappa shape index (κ1) is 18.7. The van der Waals surface area contributed by atoms with Crippen LogP contribution >= 0.6 is 0 Å². The number of rotatable bonds is 4. The van der Waals surface area contributed by atoms with Crippen molar-refractivity contribution < 1.29 is 9.18 Å². The maximum Gasteiger partial charge on any atom is 0.236 e. The maximum atomic E-state index is 13.2. The number of halogens is 1. The third kappa shape index (κ3) is 3.22. The number of benzene rings is 1. The molecule has 2 aromatic heterocycles. The number of carbonyl (C=O) groups is 1. The van der Waals surface area contributed by atoms with Gasteiger partial charge in [0.25, 0.3) is 0 Å². The van der Waals surface area contributed by atoms with E-state index in [1.807, 2.05) is 24.3 Å². The first-order valence-electron chi connectivity index (χ1n) is 10.4. The molecule has 2 aliphatic rings. The predicted molar refractivity (Wildman–Crippen MR) is 114 cm³/mol. The molecule has 6 heteroatoms. The number of amides is 1. The van der Waals surface area contributed by atoms with Crippen LogP contribution in [-0.2, 0) is 16.6 Å². The molecule has 1 aliphatic heterocycles. The zero-order valence-corrected chi connectivity index (χ0v) is 16.6. The van der Waals surface area contributed by atoms with Gasteiger partial charge in [0.05, 0.1) is 22.5 Å². The highest BCUT2D eigenvalue weighted by Gasteiger charge is 2.47. The Hall–Kier alpha value is -3.28. The van der Waals surface area contributed by atoms with Crippen molar-refractivity contribution in [2.24, 2.45) is 0 Å². The molecule has 1 fully saturated rings. The number of aromatic nitrogens is 2. The van der Waals surface area contributed by atoms with Crippen molar-refractivity contribution in [3.63, 3.8) is 0 Å². The molecule has 0 radical (unpaired) electrons. The molecule has 0 bridgehead atoms. The lowest BCUT2D eigenvalue weighted by Crippen LogP contribution is -2.47. The van der Waals surface area contributed by atoms with E-state index in [9.17, 15) is 9.18 Å². The third-order valence-corrected chi connectivity index (χ3v) is 6.20. The SMILES string of the molecule is O=C(Nc1ccc(F)cc1)C1(c2ccc3c(n2)CCCN3c2ccccn2)CCC1. The summed E-state index contributed by atoms with van der Waals surface area (Å²) >= 11 is 0. The van der Waals surface area contributed by atoms with Crippen molar-refractivity contribution in [1.29, 1.82) is 0 Å². The van der Waals surface area contributed by atoms with Crippen LogP contribution < -0.4 is 10.2 Å². The zero-order valence-electron chi connectivity index (χ0n) is 16.6. The van der Waals surface area contributed by atoms with Crippen LogP contribution in [0.25, 0.3) is 0 Å². The average Bonchev–Trinajstić information content (AvgIpc) is 2.75. The van der Waals surface area contributed by atoms with E-state index in [0.29, 0.717) is 5.69 Å². The van der Waals surface area contributed by atoms with E-state index >= 15 is 0 Å². The third-order valence-electron chi connectivity index (χ3n) is 6.20. The molecule has 152 valence electrons. The lowest BCUT2D eigenvalue weighted by atomic mass is 9.65. The van der Waals surface area contributed by atoms with Crippen LogP contribution in [0, 0.1) is 5.82 Å². The molecule has 1 N–H and O–H groups in total. The molecule has 0 unspecified atom stereocenters. The van der Waals surface area contributed by atoms with Gasteiger partial charge in [-0.15, -0.1) is 0 Å². The predicted octanol–water partition coefficient (Wildman–Crippen LogP) is 4.76. The number of aryl methyl sites for hydroxylation is 1. The van der Waals surface area contributed by atoms with Gasteiger partial charge in [-0.05, 0) is 74.2 Å². The number of pyridine rings is 2. The number of carbonyl (C=O) groups excluding carboxylic acids is 1. The summed E-state index contributed by atoms with van der Waals surface area (Å²) in [4.78, 5) is 24.8. The molecule has 1 aromatic carbocycles. The molecular formula is C24H23FN4O. The minimum absolute atomic E-state index is 0.0646. The summed E-state index contributed by atoms with van der Waals surface area (Å²) in [6.07, 6.45) is 6.23. The fourth-order valence-electron chi connectivity index (χ4n) is 4.38. The molecule has 1 amide bonds. The van der Waals surface area contributed by atoms with Crippen LogP contribution in [0.15, 0.2) is 60.8 Å². The number of anilines is 3. The van der Waals surface area contributed by atoms with Gasteiger partial charge in [0.2, 0.25) is 5.91 Å². The lowest BCUT2D eigenvalue weighted by molar-refractivity contribution is -0.124. The molecule has 5 rings (SSSR count). The van der Waals surface area contributed by atoms with Gasteiger partial charge >= 0.3 is 0 Å². The van der Waals surface area contributed by atoms with Crippen LogP contribution in [0.1, 0.15) is 37.1 Å². The van der Waals surface area contributed by atoms with Gasteiger partial charge in [0.15, 0.2) is 0 Å². The lowest BCUT2D eigenvalue weighted by Gasteiger charge is -2.40. The van der Waals surface area contributed by atoms with Gasteiger partial charge in [-0.1, -0.05) is 12.5 Å². The van der Waals surface area contributed by atoms with Gasteiger partial charge in [0, 0.05) is 18.4 Å². The molecule has 0 atom stereocenters. The highest BCUT2D eigenvalue weighted by atomic mass is 19.1. The summed E-state index contributed by atoms with van der Waals surface area (Å²) in [6, 6.07) is 15.9. The monoisotopic (exact) mass is 402 g/mol. The van der Waals surface area contributed by atoms with E-state index in [2.05, 4.69) is 21.3 Å². The van der Waals surface area contributed by atoms with Gasteiger partial charge < -0.3 is 10.2 Å². The minimum atomic E-state index is -0.614. The van der Waals surface area contributed by atoms with Crippen LogP contribution in [-0.4, -0.2) is 22.4 Å². The van der Waals surface area contributed by atoms with Crippen LogP contribution in [0.4, 0.5) is 21.6 Å². The van der Waals surface area contributed by atoms with E-state index in [-0.39, 0.29) is 11.7 Å². The van der Waals surface area contributed by atoms with Crippen molar-refractivity contribution >= 4 is 23.1 Å². The van der Waals surface area contributed by atoms with Crippen LogP contribution in [0.3, 0.4) is 0 Å². The van der Waals surface area contributed by atoms with Crippen molar-refractivity contribution in [2.45, 2.75) is 37.5 Å². The van der Waals surface area contributed by atoms with Gasteiger partial charge in [-0.3, -0.25) is 9.78 Å². The molecule has 0 saturated heterocycles. The Kier molecular flexibility index (Phi) is 4.69. The summed E-state index contributed by atoms with van der Waals surface area (Å²) in [5.41, 5.74) is 2.90. The average molecular weight is 402 g/mol. The smallest absolute Gasteiger partial charge is 0.236 e. The second-order valence-electron chi connectivity index (χ2n) is 8.00. The number of nitrogens with one attached hydrogen (secondary N) is 1. The topological polar surface area (TPSA) is 58.1 Å². The van der Waals surface area contributed by atoms with Crippen molar-refractivity contribution in [3.8, 4) is 0 Å². The Bertz CT molecular complexity index is 1060. The molecule has 3 aromatic rings. The normalized spacial score (nSPS) is 17.0. The second-order valence-corrected chi connectivity index (χ2v) is 8.00. The number of hydrogen-bond donors (Lipinski definition) is 1.